The van der Waals surface area contributed by atoms with Crippen LogP contribution in [0.1, 0.15) is 18.9 Å². The number of carbonyl (C=O) groups is 2. The van der Waals surface area contributed by atoms with Gasteiger partial charge in [-0.25, -0.2) is 4.79 Å². The average Bonchev–Trinajstić information content (AvgIpc) is 2.45. The molecule has 0 spiro atoms. The Hall–Kier alpha value is -2.24. The summed E-state index contributed by atoms with van der Waals surface area (Å²) in [5.74, 6) is -0.769. The molecule has 6 heteroatoms. The molecule has 0 aliphatic heterocycles. The topological polar surface area (TPSA) is 87.7 Å². The van der Waals surface area contributed by atoms with Gasteiger partial charge in [0.15, 0.2) is 0 Å². The zero-order valence-corrected chi connectivity index (χ0v) is 11.7. The van der Waals surface area contributed by atoms with Gasteiger partial charge < -0.3 is 20.5 Å². The van der Waals surface area contributed by atoms with Gasteiger partial charge in [0.05, 0.1) is 13.0 Å². The highest BCUT2D eigenvalue weighted by atomic mass is 16.5. The van der Waals surface area contributed by atoms with E-state index < -0.39 is 17.9 Å². The number of hydrogen-bond acceptors (Lipinski definition) is 3. The molecule has 0 aliphatic rings. The number of nitrogens with one attached hydrogen (secondary N) is 2. The third kappa shape index (κ3) is 4.79. The van der Waals surface area contributed by atoms with E-state index in [-0.39, 0.29) is 6.54 Å². The summed E-state index contributed by atoms with van der Waals surface area (Å²) in [7, 11) is 1.57. The van der Waals surface area contributed by atoms with Gasteiger partial charge in [-0.15, -0.1) is 0 Å². The van der Waals surface area contributed by atoms with Crippen molar-refractivity contribution in [3.8, 4) is 5.75 Å². The number of aliphatic carboxylic acids is 1. The molecule has 2 amide bonds. The fourth-order valence-electron chi connectivity index (χ4n) is 1.71. The molecule has 1 rings (SSSR count). The molecule has 0 heterocycles. The minimum absolute atomic E-state index is 0.115. The molecule has 0 saturated carbocycles. The van der Waals surface area contributed by atoms with E-state index in [0.29, 0.717) is 18.7 Å². The fourth-order valence-corrected chi connectivity index (χ4v) is 1.71. The minimum Gasteiger partial charge on any atom is -0.496 e. The normalized spacial score (nSPS) is 11.5. The maximum absolute atomic E-state index is 11.6. The minimum atomic E-state index is -0.905. The standard InChI is InChI=1S/C14H20N2O4/c1-3-10(13(17)18)8-15-14(19)16-9-11-6-4-5-7-12(11)20-2/h4-7,10H,3,8-9H2,1-2H3,(H,17,18)(H2,15,16,19). The second kappa shape index (κ2) is 8.04. The van der Waals surface area contributed by atoms with E-state index in [1.54, 1.807) is 14.0 Å². The molecule has 0 bridgehead atoms. The van der Waals surface area contributed by atoms with Crippen LogP contribution < -0.4 is 15.4 Å². The van der Waals surface area contributed by atoms with Crippen molar-refractivity contribution in [3.05, 3.63) is 29.8 Å². The molecule has 0 saturated heterocycles. The Morgan fingerprint density at radius 2 is 2.00 bits per heavy atom. The third-order valence-electron chi connectivity index (χ3n) is 2.98. The van der Waals surface area contributed by atoms with Gasteiger partial charge >= 0.3 is 12.0 Å². The van der Waals surface area contributed by atoms with Gasteiger partial charge in [0.25, 0.3) is 0 Å². The van der Waals surface area contributed by atoms with Crippen LogP contribution in [0.25, 0.3) is 0 Å². The molecular formula is C14H20N2O4. The van der Waals surface area contributed by atoms with Crippen LogP contribution in [0.5, 0.6) is 5.75 Å². The maximum Gasteiger partial charge on any atom is 0.315 e. The number of hydrogen-bond donors (Lipinski definition) is 3. The summed E-state index contributed by atoms with van der Waals surface area (Å²) in [4.78, 5) is 22.4. The summed E-state index contributed by atoms with van der Waals surface area (Å²) in [5, 5.41) is 14.1. The quantitative estimate of drug-likeness (QED) is 0.708. The zero-order valence-electron chi connectivity index (χ0n) is 11.7. The van der Waals surface area contributed by atoms with Crippen LogP contribution in [-0.2, 0) is 11.3 Å². The first-order valence-electron chi connectivity index (χ1n) is 6.44. The van der Waals surface area contributed by atoms with E-state index in [1.807, 2.05) is 24.3 Å². The Kier molecular flexibility index (Phi) is 6.36. The van der Waals surface area contributed by atoms with E-state index in [0.717, 1.165) is 5.56 Å². The van der Waals surface area contributed by atoms with Crippen molar-refractivity contribution in [1.82, 2.24) is 10.6 Å². The molecule has 3 N–H and O–H groups in total. The van der Waals surface area contributed by atoms with Crippen LogP contribution in [-0.4, -0.2) is 30.8 Å². The Balaban J connectivity index is 2.42. The first-order chi connectivity index (χ1) is 9.58. The number of carboxylic acid groups (broad SMARTS) is 1. The van der Waals surface area contributed by atoms with Crippen LogP contribution in [0.3, 0.4) is 0 Å². The monoisotopic (exact) mass is 280 g/mol. The summed E-state index contributed by atoms with van der Waals surface area (Å²) in [6, 6.07) is 6.98. The average molecular weight is 280 g/mol. The number of methoxy groups -OCH3 is 1. The Labute approximate surface area is 118 Å². The van der Waals surface area contributed by atoms with E-state index in [9.17, 15) is 9.59 Å². The number of amides is 2. The molecular weight excluding hydrogens is 260 g/mol. The molecule has 6 nitrogen and oxygen atoms in total. The Bertz CT molecular complexity index is 462. The van der Waals surface area contributed by atoms with Gasteiger partial charge in [-0.1, -0.05) is 25.1 Å². The predicted molar refractivity (Wildman–Crippen MR) is 74.6 cm³/mol. The first-order valence-corrected chi connectivity index (χ1v) is 6.44. The molecule has 0 radical (unpaired) electrons. The molecule has 1 unspecified atom stereocenters. The van der Waals surface area contributed by atoms with Crippen molar-refractivity contribution in [3.63, 3.8) is 0 Å². The van der Waals surface area contributed by atoms with E-state index in [1.165, 1.54) is 0 Å². The predicted octanol–water partition coefficient (Wildman–Crippen LogP) is 1.61. The highest BCUT2D eigenvalue weighted by Crippen LogP contribution is 2.16. The van der Waals surface area contributed by atoms with Crippen LogP contribution in [0, 0.1) is 5.92 Å². The number of carboxylic acids is 1. The second-order valence-electron chi connectivity index (χ2n) is 4.32. The van der Waals surface area contributed by atoms with Crippen molar-refractivity contribution in [1.29, 1.82) is 0 Å². The lowest BCUT2D eigenvalue weighted by molar-refractivity contribution is -0.141. The Morgan fingerprint density at radius 1 is 1.30 bits per heavy atom. The van der Waals surface area contributed by atoms with Gasteiger partial charge in [-0.3, -0.25) is 4.79 Å². The summed E-state index contributed by atoms with van der Waals surface area (Å²) in [6.45, 7) is 2.20. The summed E-state index contributed by atoms with van der Waals surface area (Å²) < 4.78 is 5.18. The van der Waals surface area contributed by atoms with Crippen molar-refractivity contribution < 1.29 is 19.4 Å². The first kappa shape index (κ1) is 15.8. The van der Waals surface area contributed by atoms with E-state index >= 15 is 0 Å². The third-order valence-corrected chi connectivity index (χ3v) is 2.98. The molecule has 0 aromatic heterocycles. The molecule has 0 aliphatic carbocycles. The molecule has 110 valence electrons. The second-order valence-corrected chi connectivity index (χ2v) is 4.32. The smallest absolute Gasteiger partial charge is 0.315 e. The van der Waals surface area contributed by atoms with Gasteiger partial charge in [0.1, 0.15) is 5.75 Å². The van der Waals surface area contributed by atoms with Crippen molar-refractivity contribution in [2.75, 3.05) is 13.7 Å². The largest absolute Gasteiger partial charge is 0.496 e. The van der Waals surface area contributed by atoms with Crippen LogP contribution in [0.15, 0.2) is 24.3 Å². The molecule has 1 aromatic carbocycles. The number of benzene rings is 1. The molecule has 1 aromatic rings. The van der Waals surface area contributed by atoms with E-state index in [4.69, 9.17) is 9.84 Å². The molecule has 0 fully saturated rings. The fraction of sp³-hybridized carbons (Fsp3) is 0.429. The highest BCUT2D eigenvalue weighted by Gasteiger charge is 2.15. The number of carbonyl (C=O) groups excluding carboxylic acids is 1. The SMILES string of the molecule is CCC(CNC(=O)NCc1ccccc1OC)C(=O)O. The van der Waals surface area contributed by atoms with Crippen molar-refractivity contribution >= 4 is 12.0 Å². The molecule has 20 heavy (non-hydrogen) atoms. The lowest BCUT2D eigenvalue weighted by Gasteiger charge is -2.13. The number of para-hydroxylation sites is 1. The van der Waals surface area contributed by atoms with Crippen molar-refractivity contribution in [2.24, 2.45) is 5.92 Å². The van der Waals surface area contributed by atoms with E-state index in [2.05, 4.69) is 10.6 Å². The molecule has 1 atom stereocenters. The van der Waals surface area contributed by atoms with Gasteiger partial charge in [0, 0.05) is 18.7 Å². The summed E-state index contributed by atoms with van der Waals surface area (Å²) in [5.41, 5.74) is 0.857. The van der Waals surface area contributed by atoms with Gasteiger partial charge in [0.2, 0.25) is 0 Å². The lowest BCUT2D eigenvalue weighted by Crippen LogP contribution is -2.39. The van der Waals surface area contributed by atoms with Crippen LogP contribution in [0.4, 0.5) is 4.79 Å². The van der Waals surface area contributed by atoms with Crippen molar-refractivity contribution in [2.45, 2.75) is 19.9 Å². The van der Waals surface area contributed by atoms with Gasteiger partial charge in [-0.05, 0) is 12.5 Å². The number of urea groups is 1. The number of rotatable bonds is 7. The maximum atomic E-state index is 11.6. The van der Waals surface area contributed by atoms with Gasteiger partial charge in [-0.2, -0.15) is 0 Å². The summed E-state index contributed by atoms with van der Waals surface area (Å²) in [6.07, 6.45) is 0.474. The highest BCUT2D eigenvalue weighted by molar-refractivity contribution is 5.75. The summed E-state index contributed by atoms with van der Waals surface area (Å²) >= 11 is 0. The zero-order chi connectivity index (χ0) is 15.0. The lowest BCUT2D eigenvalue weighted by atomic mass is 10.1. The van der Waals surface area contributed by atoms with Crippen LogP contribution >= 0.6 is 0 Å². The Morgan fingerprint density at radius 3 is 2.60 bits per heavy atom. The van der Waals surface area contributed by atoms with Crippen LogP contribution in [0.2, 0.25) is 0 Å². The number of ether oxygens (including phenoxy) is 1.